The second-order valence-corrected chi connectivity index (χ2v) is 4.80. The van der Waals surface area contributed by atoms with Crippen LogP contribution in [0.4, 0.5) is 12.9 Å². The van der Waals surface area contributed by atoms with E-state index >= 15 is 0 Å². The van der Waals surface area contributed by atoms with Gasteiger partial charge in [0.1, 0.15) is 12.4 Å². The van der Waals surface area contributed by atoms with Gasteiger partial charge < -0.3 is 17.7 Å². The van der Waals surface area contributed by atoms with Crippen LogP contribution in [0.15, 0.2) is 42.5 Å². The molecule has 0 amide bonds. The number of rotatable bonds is 4. The number of halogens is 3. The Morgan fingerprint density at radius 2 is 1.43 bits per heavy atom. The van der Waals surface area contributed by atoms with Gasteiger partial charge in [-0.2, -0.15) is 0 Å². The van der Waals surface area contributed by atoms with E-state index in [1.165, 1.54) is 12.1 Å². The van der Waals surface area contributed by atoms with E-state index in [2.05, 4.69) is 0 Å². The second-order valence-electron chi connectivity index (χ2n) is 4.80. The van der Waals surface area contributed by atoms with Crippen molar-refractivity contribution < 1.29 is 69.1 Å². The maximum absolute atomic E-state index is 12.5. The average Bonchev–Trinajstić information content (AvgIpc) is 2.37. The van der Waals surface area contributed by atoms with Crippen molar-refractivity contribution in [3.05, 3.63) is 59.2 Å². The van der Waals surface area contributed by atoms with Crippen LogP contribution in [-0.2, 0) is 6.61 Å². The van der Waals surface area contributed by atoms with Crippen LogP contribution in [0.1, 0.15) is 16.7 Å². The van der Waals surface area contributed by atoms with E-state index < -0.39 is 12.4 Å². The van der Waals surface area contributed by atoms with Crippen LogP contribution in [0.5, 0.6) is 5.75 Å². The molecular formula is C15H15BF3KO. The molecule has 0 aromatic heterocycles. The van der Waals surface area contributed by atoms with E-state index in [9.17, 15) is 12.9 Å². The van der Waals surface area contributed by atoms with Crippen molar-refractivity contribution in [3.8, 4) is 5.75 Å². The Morgan fingerprint density at radius 1 is 0.905 bits per heavy atom. The molecule has 0 unspecified atom stereocenters. The van der Waals surface area contributed by atoms with Crippen molar-refractivity contribution in [1.29, 1.82) is 0 Å². The van der Waals surface area contributed by atoms with Crippen LogP contribution in [0.25, 0.3) is 0 Å². The number of hydrogen-bond donors (Lipinski definition) is 0. The normalized spacial score (nSPS) is 10.9. The summed E-state index contributed by atoms with van der Waals surface area (Å²) in [6.07, 6.45) is 0. The van der Waals surface area contributed by atoms with Crippen LogP contribution < -0.4 is 61.6 Å². The molecule has 0 bridgehead atoms. The van der Waals surface area contributed by atoms with E-state index in [0.29, 0.717) is 12.4 Å². The number of ether oxygens (including phenoxy) is 1. The molecule has 0 N–H and O–H groups in total. The van der Waals surface area contributed by atoms with E-state index in [1.54, 1.807) is 0 Å². The molecule has 0 radical (unpaired) electrons. The minimum atomic E-state index is -4.95. The first kappa shape index (κ1) is 18.8. The third-order valence-corrected chi connectivity index (χ3v) is 3.29. The topological polar surface area (TPSA) is 9.23 Å². The van der Waals surface area contributed by atoms with Gasteiger partial charge in [-0.15, -0.1) is 5.46 Å². The molecule has 2 aromatic carbocycles. The first-order valence-corrected chi connectivity index (χ1v) is 6.36. The van der Waals surface area contributed by atoms with Gasteiger partial charge in [-0.1, -0.05) is 30.3 Å². The van der Waals surface area contributed by atoms with Gasteiger partial charge in [0.05, 0.1) is 0 Å². The second kappa shape index (κ2) is 7.83. The summed E-state index contributed by atoms with van der Waals surface area (Å²) in [4.78, 5) is 0. The number of aryl methyl sites for hydroxylation is 2. The summed E-state index contributed by atoms with van der Waals surface area (Å²) in [6.45, 7) is -0.615. The Hall–Kier alpha value is -0.269. The summed E-state index contributed by atoms with van der Waals surface area (Å²) in [5, 5.41) is 0. The maximum atomic E-state index is 12.5. The number of hydrogen-bond acceptors (Lipinski definition) is 1. The number of benzene rings is 2. The fourth-order valence-corrected chi connectivity index (χ4v) is 2.01. The van der Waals surface area contributed by atoms with Crippen LogP contribution in [-0.4, -0.2) is 6.98 Å². The summed E-state index contributed by atoms with van der Waals surface area (Å²) in [7, 11) is 0. The fraction of sp³-hybridized carbons (Fsp3) is 0.200. The molecule has 2 rings (SSSR count). The summed E-state index contributed by atoms with van der Waals surface area (Å²) in [6, 6.07) is 10.8. The van der Waals surface area contributed by atoms with Crippen molar-refractivity contribution in [2.24, 2.45) is 0 Å². The predicted molar refractivity (Wildman–Crippen MR) is 75.4 cm³/mol. The standard InChI is InChI=1S/C15H15BF3O.K/c1-11-4-3-5-12(2)15(11)10-20-14-8-6-13(7-9-14)16(17,18)19;/h3-9H,10H2,1-2H3;/q-1;+1. The average molecular weight is 318 g/mol. The van der Waals surface area contributed by atoms with E-state index in [4.69, 9.17) is 4.74 Å². The monoisotopic (exact) mass is 318 g/mol. The summed E-state index contributed by atoms with van der Waals surface area (Å²) in [5.74, 6) is 0.441. The van der Waals surface area contributed by atoms with Crippen LogP contribution in [0.3, 0.4) is 0 Å². The molecule has 0 spiro atoms. The van der Waals surface area contributed by atoms with Crippen LogP contribution >= 0.6 is 0 Å². The van der Waals surface area contributed by atoms with Crippen molar-refractivity contribution in [3.63, 3.8) is 0 Å². The fourth-order valence-electron chi connectivity index (χ4n) is 2.01. The first-order chi connectivity index (χ1) is 9.38. The van der Waals surface area contributed by atoms with Gasteiger partial charge in [0.15, 0.2) is 0 Å². The molecule has 21 heavy (non-hydrogen) atoms. The third-order valence-electron chi connectivity index (χ3n) is 3.29. The van der Waals surface area contributed by atoms with Gasteiger partial charge in [0.25, 0.3) is 0 Å². The van der Waals surface area contributed by atoms with Crippen LogP contribution in [0, 0.1) is 13.8 Å². The first-order valence-electron chi connectivity index (χ1n) is 6.36. The zero-order valence-corrected chi connectivity index (χ0v) is 15.5. The molecule has 0 aliphatic heterocycles. The molecule has 6 heteroatoms. The molecule has 0 heterocycles. The van der Waals surface area contributed by atoms with Gasteiger partial charge in [0, 0.05) is 0 Å². The Morgan fingerprint density at radius 3 is 1.90 bits per heavy atom. The molecule has 0 saturated carbocycles. The van der Waals surface area contributed by atoms with Crippen molar-refractivity contribution in [2.45, 2.75) is 20.5 Å². The Balaban J connectivity index is 0.00000220. The minimum Gasteiger partial charge on any atom is -0.489 e. The minimum absolute atomic E-state index is 0. The van der Waals surface area contributed by atoms with Gasteiger partial charge in [-0.3, -0.25) is 0 Å². The van der Waals surface area contributed by atoms with E-state index in [0.717, 1.165) is 28.8 Å². The SMILES string of the molecule is Cc1cccc(C)c1COc1ccc([B-](F)(F)F)cc1.[K+]. The molecule has 0 atom stereocenters. The van der Waals surface area contributed by atoms with Crippen molar-refractivity contribution in [1.82, 2.24) is 0 Å². The quantitative estimate of drug-likeness (QED) is 0.763. The maximum Gasteiger partial charge on any atom is 1.00 e. The van der Waals surface area contributed by atoms with Gasteiger partial charge in [0.2, 0.25) is 0 Å². The zero-order chi connectivity index (χ0) is 14.8. The van der Waals surface area contributed by atoms with Crippen molar-refractivity contribution >= 4 is 12.4 Å². The van der Waals surface area contributed by atoms with Crippen molar-refractivity contribution in [2.75, 3.05) is 0 Å². The molecule has 106 valence electrons. The molecule has 0 aliphatic rings. The third kappa shape index (κ3) is 5.14. The Kier molecular flexibility index (Phi) is 7.00. The summed E-state index contributed by atoms with van der Waals surface area (Å²) < 4.78 is 43.1. The van der Waals surface area contributed by atoms with Gasteiger partial charge in [-0.25, -0.2) is 0 Å². The summed E-state index contributed by atoms with van der Waals surface area (Å²) >= 11 is 0. The molecule has 2 aromatic rings. The molecule has 0 fully saturated rings. The predicted octanol–water partition coefficient (Wildman–Crippen LogP) is 0.941. The van der Waals surface area contributed by atoms with E-state index in [-0.39, 0.29) is 51.4 Å². The Bertz CT molecular complexity index is 577. The molecule has 0 saturated heterocycles. The van der Waals surface area contributed by atoms with E-state index in [1.807, 2.05) is 32.0 Å². The van der Waals surface area contributed by atoms with Gasteiger partial charge in [-0.05, 0) is 42.7 Å². The van der Waals surface area contributed by atoms with Gasteiger partial charge >= 0.3 is 58.4 Å². The molecular weight excluding hydrogens is 303 g/mol. The zero-order valence-electron chi connectivity index (χ0n) is 12.4. The Labute approximate surface area is 165 Å². The molecule has 0 aliphatic carbocycles. The largest absolute Gasteiger partial charge is 1.00 e. The molecule has 1 nitrogen and oxygen atoms in total. The smallest absolute Gasteiger partial charge is 0.489 e. The van der Waals surface area contributed by atoms with Crippen LogP contribution in [0.2, 0.25) is 0 Å². The summed E-state index contributed by atoms with van der Waals surface area (Å²) in [5.41, 5.74) is 2.68.